The number of aliphatic carboxylic acids is 1. The Morgan fingerprint density at radius 1 is 1.46 bits per heavy atom. The molecule has 2 saturated heterocycles. The van der Waals surface area contributed by atoms with E-state index in [4.69, 9.17) is 11.6 Å². The molecule has 3 heterocycles. The zero-order chi connectivity index (χ0) is 20.5. The molecule has 152 valence electrons. The topological polar surface area (TPSA) is 147 Å². The highest BCUT2D eigenvalue weighted by atomic mass is 35.5. The van der Waals surface area contributed by atoms with Gasteiger partial charge in [-0.25, -0.2) is 4.68 Å². The molecule has 2 N–H and O–H groups in total. The second kappa shape index (κ2) is 8.25. The highest BCUT2D eigenvalue weighted by Crippen LogP contribution is 2.44. The summed E-state index contributed by atoms with van der Waals surface area (Å²) >= 11 is 7.88. The number of carbonyl (C=O) groups is 4. The summed E-state index contributed by atoms with van der Waals surface area (Å²) in [4.78, 5) is 49.0. The summed E-state index contributed by atoms with van der Waals surface area (Å²) in [6.07, 6.45) is -0.383. The van der Waals surface area contributed by atoms with E-state index in [1.807, 2.05) is 0 Å². The predicted octanol–water partition coefficient (Wildman–Crippen LogP) is -1.03. The van der Waals surface area contributed by atoms with E-state index >= 15 is 0 Å². The van der Waals surface area contributed by atoms with E-state index in [0.717, 1.165) is 0 Å². The van der Waals surface area contributed by atoms with E-state index < -0.39 is 29.1 Å². The number of amides is 2. The predicted molar refractivity (Wildman–Crippen MR) is 99.8 cm³/mol. The van der Waals surface area contributed by atoms with Gasteiger partial charge in [0.2, 0.25) is 17.0 Å². The lowest BCUT2D eigenvalue weighted by atomic mass is 9.89. The van der Waals surface area contributed by atoms with Gasteiger partial charge in [0.15, 0.2) is 5.78 Å². The average Bonchev–Trinajstić information content (AvgIpc) is 3.08. The molecule has 0 radical (unpaired) electrons. The van der Waals surface area contributed by atoms with Gasteiger partial charge in [0.25, 0.3) is 0 Å². The van der Waals surface area contributed by atoms with Crippen LogP contribution in [0.15, 0.2) is 5.16 Å². The van der Waals surface area contributed by atoms with Gasteiger partial charge in [-0.3, -0.25) is 19.2 Å². The molecule has 2 aliphatic heterocycles. The van der Waals surface area contributed by atoms with Crippen LogP contribution in [0.3, 0.4) is 0 Å². The summed E-state index contributed by atoms with van der Waals surface area (Å²) in [5, 5.41) is 23.5. The Morgan fingerprint density at radius 3 is 2.82 bits per heavy atom. The molecule has 2 amide bonds. The van der Waals surface area contributed by atoms with Gasteiger partial charge in [-0.05, 0) is 10.4 Å². The fraction of sp³-hybridized carbons (Fsp3) is 0.643. The molecule has 0 spiro atoms. The van der Waals surface area contributed by atoms with Gasteiger partial charge in [0.05, 0.1) is 12.3 Å². The number of carboxylic acid groups (broad SMARTS) is 1. The molecule has 28 heavy (non-hydrogen) atoms. The molecule has 3 atom stereocenters. The number of rotatable bonds is 8. The summed E-state index contributed by atoms with van der Waals surface area (Å²) in [6, 6.07) is -0.761. The number of fused-ring (bicyclic) bond motifs is 1. The lowest BCUT2D eigenvalue weighted by Crippen LogP contribution is -2.74. The number of thioether (sulfide) groups is 2. The lowest BCUT2D eigenvalue weighted by molar-refractivity contribution is -0.157. The summed E-state index contributed by atoms with van der Waals surface area (Å²) in [7, 11) is 1.66. The number of tetrazole rings is 1. The molecule has 2 aliphatic rings. The number of hydrogen-bond acceptors (Lipinski definition) is 9. The van der Waals surface area contributed by atoms with Crippen LogP contribution in [0, 0.1) is 5.41 Å². The first-order chi connectivity index (χ1) is 13.3. The van der Waals surface area contributed by atoms with E-state index in [-0.39, 0.29) is 41.6 Å². The van der Waals surface area contributed by atoms with Crippen molar-refractivity contribution in [2.45, 2.75) is 23.0 Å². The highest BCUT2D eigenvalue weighted by molar-refractivity contribution is 8.00. The molecule has 11 nitrogen and oxygen atoms in total. The number of β-lactam (4-membered cyclic amide) rings is 1. The summed E-state index contributed by atoms with van der Waals surface area (Å²) in [5.41, 5.74) is -1.16. The number of alkyl halides is 1. The third-order valence-corrected chi connectivity index (χ3v) is 7.67. The Balaban J connectivity index is 1.62. The Kier molecular flexibility index (Phi) is 6.15. The third kappa shape index (κ3) is 3.96. The van der Waals surface area contributed by atoms with Crippen molar-refractivity contribution in [3.05, 3.63) is 0 Å². The maximum atomic E-state index is 12.4. The zero-order valence-corrected chi connectivity index (χ0v) is 17.1. The van der Waals surface area contributed by atoms with Crippen LogP contribution in [0.2, 0.25) is 0 Å². The minimum atomic E-state index is -1.16. The maximum absolute atomic E-state index is 12.4. The van der Waals surface area contributed by atoms with E-state index in [0.29, 0.717) is 5.16 Å². The van der Waals surface area contributed by atoms with Crippen LogP contribution < -0.4 is 5.32 Å². The first-order valence-corrected chi connectivity index (χ1v) is 10.7. The van der Waals surface area contributed by atoms with Gasteiger partial charge in [-0.15, -0.1) is 28.5 Å². The Bertz CT molecular complexity index is 822. The molecule has 3 rings (SSSR count). The number of nitrogens with one attached hydrogen (secondary N) is 1. The zero-order valence-electron chi connectivity index (χ0n) is 14.7. The van der Waals surface area contributed by atoms with Crippen molar-refractivity contribution in [1.82, 2.24) is 30.4 Å². The normalized spacial score (nSPS) is 26.4. The quantitative estimate of drug-likeness (QED) is 0.219. The van der Waals surface area contributed by atoms with Crippen LogP contribution in [-0.4, -0.2) is 89.1 Å². The van der Waals surface area contributed by atoms with Crippen molar-refractivity contribution in [3.63, 3.8) is 0 Å². The number of nitrogens with zero attached hydrogens (tertiary/aromatic N) is 5. The molecule has 0 aromatic carbocycles. The average molecular weight is 449 g/mol. The van der Waals surface area contributed by atoms with Crippen LogP contribution in [-0.2, 0) is 26.2 Å². The van der Waals surface area contributed by atoms with Crippen LogP contribution in [0.1, 0.15) is 6.42 Å². The Morgan fingerprint density at radius 2 is 2.21 bits per heavy atom. The van der Waals surface area contributed by atoms with Crippen LogP contribution in [0.4, 0.5) is 0 Å². The van der Waals surface area contributed by atoms with Crippen LogP contribution in [0.25, 0.3) is 0 Å². The molecular weight excluding hydrogens is 432 g/mol. The molecule has 2 unspecified atom stereocenters. The summed E-state index contributed by atoms with van der Waals surface area (Å²) < 4.78 is 1.45. The van der Waals surface area contributed by atoms with Crippen molar-refractivity contribution in [1.29, 1.82) is 0 Å². The number of aromatic nitrogens is 4. The smallest absolute Gasteiger partial charge is 0.313 e. The van der Waals surface area contributed by atoms with Crippen LogP contribution >= 0.6 is 35.1 Å². The van der Waals surface area contributed by atoms with E-state index in [2.05, 4.69) is 20.8 Å². The number of halogens is 1. The largest absolute Gasteiger partial charge is 0.481 e. The Labute approximate surface area is 172 Å². The van der Waals surface area contributed by atoms with Gasteiger partial charge in [-0.2, -0.15) is 0 Å². The first kappa shape index (κ1) is 20.9. The Hall–Kier alpha value is -1.86. The van der Waals surface area contributed by atoms with Crippen molar-refractivity contribution in [2.75, 3.05) is 23.9 Å². The number of aryl methyl sites for hydroxylation is 1. The fourth-order valence-electron chi connectivity index (χ4n) is 2.90. The minimum Gasteiger partial charge on any atom is -0.481 e. The molecular formula is C14H17ClN6O5S2. The number of carboxylic acids is 1. The molecule has 2 fully saturated rings. The number of ketones is 1. The van der Waals surface area contributed by atoms with E-state index in [9.17, 15) is 24.3 Å². The molecule has 0 bridgehead atoms. The number of hydrogen-bond donors (Lipinski definition) is 2. The molecule has 1 aromatic heterocycles. The second-order valence-corrected chi connectivity index (χ2v) is 8.84. The van der Waals surface area contributed by atoms with Crippen molar-refractivity contribution >= 4 is 58.7 Å². The monoisotopic (exact) mass is 448 g/mol. The highest BCUT2D eigenvalue weighted by Gasteiger charge is 2.57. The molecule has 1 aromatic rings. The molecule has 0 saturated carbocycles. The van der Waals surface area contributed by atoms with E-state index in [1.54, 1.807) is 7.05 Å². The second-order valence-electron chi connectivity index (χ2n) is 6.52. The number of carbonyl (C=O) groups excluding carboxylic acids is 3. The standard InChI is InChI=1S/C14H17ClN6O5S2/c1-20-13(17-18-19-20)28-6-14(12(25)26)4-21-10(24)9(11(21)27-5-14)16-8(23)2-7(22)3-15/h9,11H,2-6H2,1H3,(H,16,23)(H,25,26)/t9?,11-,14?/m1/s1. The van der Waals surface area contributed by atoms with Gasteiger partial charge >= 0.3 is 5.97 Å². The van der Waals surface area contributed by atoms with Gasteiger partial charge in [0.1, 0.15) is 16.8 Å². The third-order valence-electron chi connectivity index (χ3n) is 4.48. The summed E-state index contributed by atoms with van der Waals surface area (Å²) in [6.45, 7) is 0.0318. The summed E-state index contributed by atoms with van der Waals surface area (Å²) in [5.74, 6) is -2.17. The minimum absolute atomic E-state index is 0.0318. The molecule has 0 aliphatic carbocycles. The van der Waals surface area contributed by atoms with Crippen molar-refractivity contribution < 1.29 is 24.3 Å². The van der Waals surface area contributed by atoms with Gasteiger partial charge < -0.3 is 15.3 Å². The molecule has 14 heteroatoms. The van der Waals surface area contributed by atoms with Crippen molar-refractivity contribution in [2.24, 2.45) is 12.5 Å². The maximum Gasteiger partial charge on any atom is 0.313 e. The van der Waals surface area contributed by atoms with Gasteiger partial charge in [0, 0.05) is 25.1 Å². The van der Waals surface area contributed by atoms with Crippen LogP contribution in [0.5, 0.6) is 0 Å². The van der Waals surface area contributed by atoms with E-state index in [1.165, 1.54) is 33.1 Å². The van der Waals surface area contributed by atoms with Gasteiger partial charge in [-0.1, -0.05) is 11.8 Å². The van der Waals surface area contributed by atoms with Crippen molar-refractivity contribution in [3.8, 4) is 0 Å². The number of Topliss-reactive ketones (excluding diaryl/α,β-unsaturated/α-hetero) is 1. The lowest BCUT2D eigenvalue weighted by Gasteiger charge is -2.53. The fourth-order valence-corrected chi connectivity index (χ4v) is 5.71. The first-order valence-electron chi connectivity index (χ1n) is 8.15. The SMILES string of the molecule is Cn1nnnc1SCC1(C(=O)O)CS[C@@H]2C(NC(=O)CC(=O)CCl)C(=O)N2C1.